The van der Waals surface area contributed by atoms with E-state index < -0.39 is 14.1 Å². The lowest BCUT2D eigenvalue weighted by Crippen LogP contribution is -2.43. The Labute approximate surface area is 206 Å². The molecule has 2 unspecified atom stereocenters. The number of ether oxygens (including phenoxy) is 4. The van der Waals surface area contributed by atoms with Crippen LogP contribution in [0.15, 0.2) is 12.2 Å². The third-order valence-electron chi connectivity index (χ3n) is 6.69. The van der Waals surface area contributed by atoms with Crippen molar-refractivity contribution < 1.29 is 23.4 Å². The molecule has 0 spiro atoms. The summed E-state index contributed by atoms with van der Waals surface area (Å²) in [4.78, 5) is 0. The first-order chi connectivity index (χ1) is 15.5. The van der Waals surface area contributed by atoms with Gasteiger partial charge < -0.3 is 23.4 Å². The van der Waals surface area contributed by atoms with Crippen molar-refractivity contribution in [3.63, 3.8) is 0 Å². The summed E-state index contributed by atoms with van der Waals surface area (Å²) >= 11 is 0. The van der Waals surface area contributed by atoms with E-state index in [-0.39, 0.29) is 17.2 Å². The van der Waals surface area contributed by atoms with E-state index in [4.69, 9.17) is 23.4 Å². The molecule has 196 valence electrons. The van der Waals surface area contributed by atoms with Crippen LogP contribution in [-0.2, 0) is 23.4 Å². The molecule has 0 radical (unpaired) electrons. The van der Waals surface area contributed by atoms with Crippen molar-refractivity contribution in [3.8, 4) is 0 Å². The molecule has 0 aromatic carbocycles. The first-order valence-corrected chi connectivity index (χ1v) is 16.2. The molecule has 0 aliphatic carbocycles. The summed E-state index contributed by atoms with van der Waals surface area (Å²) in [6.07, 6.45) is 14.3. The second kappa shape index (κ2) is 15.7. The maximum atomic E-state index is 6.80. The fourth-order valence-electron chi connectivity index (χ4n) is 3.66. The fourth-order valence-corrected chi connectivity index (χ4v) is 5.06. The van der Waals surface area contributed by atoms with E-state index in [1.807, 2.05) is 20.8 Å². The van der Waals surface area contributed by atoms with E-state index in [1.54, 1.807) is 0 Å². The highest BCUT2D eigenvalue weighted by Gasteiger charge is 2.39. The molecule has 33 heavy (non-hydrogen) atoms. The van der Waals surface area contributed by atoms with Gasteiger partial charge in [0.1, 0.15) is 6.10 Å². The minimum absolute atomic E-state index is 0.0525. The monoisotopic (exact) mass is 486 g/mol. The van der Waals surface area contributed by atoms with Gasteiger partial charge in [-0.15, -0.1) is 0 Å². The third-order valence-corrected chi connectivity index (χ3v) is 11.2. The van der Waals surface area contributed by atoms with E-state index in [2.05, 4.69) is 46.0 Å². The second-order valence-corrected chi connectivity index (χ2v) is 16.0. The Morgan fingerprint density at radius 1 is 0.970 bits per heavy atom. The molecule has 1 rings (SSSR count). The topological polar surface area (TPSA) is 46.2 Å². The predicted molar refractivity (Wildman–Crippen MR) is 140 cm³/mol. The summed E-state index contributed by atoms with van der Waals surface area (Å²) in [5.41, 5.74) is 0. The van der Waals surface area contributed by atoms with Gasteiger partial charge in [0.05, 0.1) is 19.8 Å². The van der Waals surface area contributed by atoms with E-state index in [0.29, 0.717) is 13.2 Å². The molecule has 1 aliphatic rings. The van der Waals surface area contributed by atoms with Crippen molar-refractivity contribution >= 4 is 8.32 Å². The van der Waals surface area contributed by atoms with Gasteiger partial charge >= 0.3 is 0 Å². The zero-order valence-electron chi connectivity index (χ0n) is 23.0. The summed E-state index contributed by atoms with van der Waals surface area (Å²) in [5, 5.41) is 0.228. The first-order valence-electron chi connectivity index (χ1n) is 13.3. The largest absolute Gasteiger partial charge is 0.414 e. The Hall–Kier alpha value is -0.243. The van der Waals surface area contributed by atoms with Gasteiger partial charge in [0.2, 0.25) is 0 Å². The average Bonchev–Trinajstić information content (AvgIpc) is 3.06. The third kappa shape index (κ3) is 14.0. The molecule has 6 heteroatoms. The minimum Gasteiger partial charge on any atom is -0.414 e. The van der Waals surface area contributed by atoms with Crippen molar-refractivity contribution in [1.82, 2.24) is 0 Å². The Balaban J connectivity index is 2.32. The molecular formula is C27H54O5Si. The lowest BCUT2D eigenvalue weighted by Gasteiger charge is -2.39. The predicted octanol–water partition coefficient (Wildman–Crippen LogP) is 7.26. The molecule has 1 aliphatic heterocycles. The summed E-state index contributed by atoms with van der Waals surface area (Å²) in [6.45, 7) is 21.3. The van der Waals surface area contributed by atoms with Crippen LogP contribution in [0.1, 0.15) is 92.9 Å². The molecular weight excluding hydrogens is 432 g/mol. The van der Waals surface area contributed by atoms with Gasteiger partial charge in [-0.1, -0.05) is 65.0 Å². The molecule has 0 aromatic rings. The standard InChI is InChI=1S/C27H54O5Si/c1-9-28-21-22-29-20-15-13-11-10-12-14-17-24(32-33(7,8)26(2,3)4)18-16-19-25-23-30-27(5,6)31-25/h16,19,24-25H,9-15,17-18,20-23H2,1-8H3/b19-16-. The number of unbranched alkanes of at least 4 members (excludes halogenated alkanes) is 5. The molecule has 0 amide bonds. The van der Waals surface area contributed by atoms with E-state index >= 15 is 0 Å². The van der Waals surface area contributed by atoms with Gasteiger partial charge in [-0.25, -0.2) is 0 Å². The maximum Gasteiger partial charge on any atom is 0.192 e. The number of hydrogen-bond donors (Lipinski definition) is 0. The summed E-state index contributed by atoms with van der Waals surface area (Å²) < 4.78 is 29.3. The van der Waals surface area contributed by atoms with Crippen molar-refractivity contribution in [2.45, 2.75) is 129 Å². The van der Waals surface area contributed by atoms with Crippen LogP contribution >= 0.6 is 0 Å². The normalized spacial score (nSPS) is 20.1. The molecule has 0 aromatic heterocycles. The molecule has 5 nitrogen and oxygen atoms in total. The first kappa shape index (κ1) is 30.8. The highest BCUT2D eigenvalue weighted by Crippen LogP contribution is 2.38. The number of hydrogen-bond acceptors (Lipinski definition) is 5. The Morgan fingerprint density at radius 2 is 1.61 bits per heavy atom. The van der Waals surface area contributed by atoms with Gasteiger partial charge in [-0.2, -0.15) is 0 Å². The lowest BCUT2D eigenvalue weighted by atomic mass is 10.0. The van der Waals surface area contributed by atoms with Gasteiger partial charge in [0, 0.05) is 19.3 Å². The molecule has 2 atom stereocenters. The average molecular weight is 487 g/mol. The Kier molecular flexibility index (Phi) is 14.6. The highest BCUT2D eigenvalue weighted by molar-refractivity contribution is 6.74. The molecule has 0 N–H and O–H groups in total. The summed E-state index contributed by atoms with van der Waals surface area (Å²) in [5.74, 6) is -0.471. The van der Waals surface area contributed by atoms with Crippen molar-refractivity contribution in [2.24, 2.45) is 0 Å². The van der Waals surface area contributed by atoms with E-state index in [9.17, 15) is 0 Å². The fraction of sp³-hybridized carbons (Fsp3) is 0.926. The molecule has 0 bridgehead atoms. The van der Waals surface area contributed by atoms with Crippen LogP contribution in [0.3, 0.4) is 0 Å². The van der Waals surface area contributed by atoms with Crippen LogP contribution in [0.25, 0.3) is 0 Å². The van der Waals surface area contributed by atoms with Crippen molar-refractivity contribution in [2.75, 3.05) is 33.0 Å². The van der Waals surface area contributed by atoms with Crippen LogP contribution in [0.5, 0.6) is 0 Å². The van der Waals surface area contributed by atoms with Crippen molar-refractivity contribution in [3.05, 3.63) is 12.2 Å². The zero-order valence-corrected chi connectivity index (χ0v) is 24.0. The van der Waals surface area contributed by atoms with Gasteiger partial charge in [-0.05, 0) is 58.2 Å². The van der Waals surface area contributed by atoms with Crippen LogP contribution in [0.4, 0.5) is 0 Å². The van der Waals surface area contributed by atoms with Crippen LogP contribution in [0.2, 0.25) is 18.1 Å². The van der Waals surface area contributed by atoms with Gasteiger partial charge in [0.25, 0.3) is 0 Å². The lowest BCUT2D eigenvalue weighted by molar-refractivity contribution is -0.133. The van der Waals surface area contributed by atoms with Crippen LogP contribution in [0, 0.1) is 0 Å². The highest BCUT2D eigenvalue weighted by atomic mass is 28.4. The second-order valence-electron chi connectivity index (χ2n) is 11.3. The quantitative estimate of drug-likeness (QED) is 0.116. The minimum atomic E-state index is -1.79. The smallest absolute Gasteiger partial charge is 0.192 e. The van der Waals surface area contributed by atoms with Crippen molar-refractivity contribution in [1.29, 1.82) is 0 Å². The molecule has 1 fully saturated rings. The molecule has 0 saturated carbocycles. The van der Waals surface area contributed by atoms with Gasteiger partial charge in [-0.3, -0.25) is 0 Å². The van der Waals surface area contributed by atoms with Gasteiger partial charge in [0.15, 0.2) is 14.1 Å². The van der Waals surface area contributed by atoms with E-state index in [0.717, 1.165) is 39.1 Å². The van der Waals surface area contributed by atoms with Crippen LogP contribution < -0.4 is 0 Å². The van der Waals surface area contributed by atoms with E-state index in [1.165, 1.54) is 32.1 Å². The Morgan fingerprint density at radius 3 is 2.21 bits per heavy atom. The molecule has 1 saturated heterocycles. The SMILES string of the molecule is CCOCCOCCCCCCCCC(C/C=C\C1COC(C)(C)O1)O[Si](C)(C)C(C)(C)C. The summed E-state index contributed by atoms with van der Waals surface area (Å²) in [6, 6.07) is 0. The maximum absolute atomic E-state index is 6.80. The Bertz CT molecular complexity index is 527. The molecule has 1 heterocycles. The summed E-state index contributed by atoms with van der Waals surface area (Å²) in [7, 11) is -1.79. The number of rotatable bonds is 18. The van der Waals surface area contributed by atoms with Crippen LogP contribution in [-0.4, -0.2) is 59.3 Å². The zero-order chi connectivity index (χ0) is 24.8.